The summed E-state index contributed by atoms with van der Waals surface area (Å²) in [5, 5.41) is 15.9. The number of hydrogen-bond acceptors (Lipinski definition) is 8. The summed E-state index contributed by atoms with van der Waals surface area (Å²) in [5.41, 5.74) is 3.97. The van der Waals surface area contributed by atoms with Crippen molar-refractivity contribution in [1.82, 2.24) is 14.9 Å². The first-order valence-electron chi connectivity index (χ1n) is 14.3. The van der Waals surface area contributed by atoms with Crippen molar-refractivity contribution in [2.75, 3.05) is 18.2 Å². The number of nitrogens with one attached hydrogen (secondary N) is 2. The molecule has 4 aromatic rings. The third kappa shape index (κ3) is 8.26. The molecular weight excluding hydrogens is 580 g/mol. The molecule has 1 aliphatic heterocycles. The largest absolute Gasteiger partial charge is 0.467 e. The number of rotatable bonds is 11. The Balaban J connectivity index is 1.29. The van der Waals surface area contributed by atoms with Crippen LogP contribution in [-0.2, 0) is 39.1 Å². The number of methoxy groups -OCH3 is 1. The predicted molar refractivity (Wildman–Crippen MR) is 167 cm³/mol. The highest BCUT2D eigenvalue weighted by Crippen LogP contribution is 2.39. The van der Waals surface area contributed by atoms with E-state index in [0.29, 0.717) is 24.3 Å². The number of imidazole rings is 1. The first-order chi connectivity index (χ1) is 21.4. The van der Waals surface area contributed by atoms with Gasteiger partial charge >= 0.3 is 12.0 Å². The van der Waals surface area contributed by atoms with Crippen molar-refractivity contribution in [3.63, 3.8) is 0 Å². The molecule has 0 aliphatic carbocycles. The summed E-state index contributed by atoms with van der Waals surface area (Å²) in [4.78, 5) is 29.8. The molecule has 11 heteroatoms. The smallest absolute Gasteiger partial charge is 0.328 e. The lowest BCUT2D eigenvalue weighted by molar-refractivity contribution is -0.245. The molecule has 4 atom stereocenters. The minimum atomic E-state index is -0.856. The molecule has 1 saturated heterocycles. The highest BCUT2D eigenvalue weighted by molar-refractivity contribution is 7.99. The van der Waals surface area contributed by atoms with Gasteiger partial charge in [-0.25, -0.2) is 14.6 Å². The van der Waals surface area contributed by atoms with Crippen molar-refractivity contribution in [2.24, 2.45) is 7.05 Å². The predicted octanol–water partition coefficient (Wildman–Crippen LogP) is 5.16. The van der Waals surface area contributed by atoms with Gasteiger partial charge in [-0.2, -0.15) is 0 Å². The van der Waals surface area contributed by atoms with E-state index in [9.17, 15) is 14.7 Å². The van der Waals surface area contributed by atoms with Crippen LogP contribution in [-0.4, -0.2) is 51.7 Å². The average Bonchev–Trinajstić information content (AvgIpc) is 3.47. The number of amides is 2. The summed E-state index contributed by atoms with van der Waals surface area (Å²) in [6, 6.07) is 23.0. The van der Waals surface area contributed by atoms with Crippen LogP contribution in [0.5, 0.6) is 0 Å². The number of aryl methyl sites for hydroxylation is 1. The van der Waals surface area contributed by atoms with Gasteiger partial charge < -0.3 is 34.5 Å². The van der Waals surface area contributed by atoms with E-state index in [-0.39, 0.29) is 18.8 Å². The van der Waals surface area contributed by atoms with Gasteiger partial charge in [0, 0.05) is 49.3 Å². The van der Waals surface area contributed by atoms with Gasteiger partial charge in [-0.3, -0.25) is 0 Å². The van der Waals surface area contributed by atoms with Crippen molar-refractivity contribution in [3.05, 3.63) is 114 Å². The monoisotopic (exact) mass is 616 g/mol. The van der Waals surface area contributed by atoms with Crippen LogP contribution in [0, 0.1) is 0 Å². The number of benzene rings is 3. The molecule has 1 fully saturated rings. The lowest BCUT2D eigenvalue weighted by Gasteiger charge is -2.36. The standard InChI is InChI=1S/C33H36N4O6S/c1-37-16-15-34-33(37)44-21-27-19-29(24-13-11-23(20-38)12-14-24)43-31(42-27)25-9-6-10-26(18-25)35-32(40)36-28(30(39)41-2)17-22-7-4-3-5-8-22/h3-16,18,27-29,31,38H,17,19-21H2,1-2H3,(H2,35,36,40)/t27-,28+,29+,31+/m1/s1. The van der Waals surface area contributed by atoms with Crippen molar-refractivity contribution in [1.29, 1.82) is 0 Å². The number of ether oxygens (including phenoxy) is 3. The number of hydrogen-bond donors (Lipinski definition) is 3. The lowest BCUT2D eigenvalue weighted by atomic mass is 10.0. The second-order valence-electron chi connectivity index (χ2n) is 10.5. The van der Waals surface area contributed by atoms with E-state index in [2.05, 4.69) is 15.6 Å². The number of nitrogens with zero attached hydrogens (tertiary/aromatic N) is 2. The van der Waals surface area contributed by atoms with Crippen molar-refractivity contribution in [2.45, 2.75) is 49.1 Å². The second-order valence-corrected chi connectivity index (χ2v) is 11.5. The van der Waals surface area contributed by atoms with Gasteiger partial charge in [-0.15, -0.1) is 0 Å². The summed E-state index contributed by atoms with van der Waals surface area (Å²) < 4.78 is 19.8. The van der Waals surface area contributed by atoms with Crippen molar-refractivity contribution in [3.8, 4) is 0 Å². The van der Waals surface area contributed by atoms with Crippen LogP contribution in [0.2, 0.25) is 0 Å². The Labute approximate surface area is 260 Å². The first kappa shape index (κ1) is 31.3. The zero-order valence-electron chi connectivity index (χ0n) is 24.6. The Bertz CT molecular complexity index is 1530. The Kier molecular flexibility index (Phi) is 10.7. The van der Waals surface area contributed by atoms with E-state index < -0.39 is 24.3 Å². The summed E-state index contributed by atoms with van der Waals surface area (Å²) in [6.07, 6.45) is 3.54. The molecule has 0 spiro atoms. The normalized spacial score (nSPS) is 18.8. The SMILES string of the molecule is COC(=O)[C@H](Cc1ccccc1)NC(=O)Nc1cccc([C@H]2O[C@@H](CSc3nccn3C)C[C@@H](c3ccc(CO)cc3)O2)c1. The number of urea groups is 1. The van der Waals surface area contributed by atoms with E-state index in [1.54, 1.807) is 30.1 Å². The van der Waals surface area contributed by atoms with Gasteiger partial charge in [-0.05, 0) is 28.8 Å². The van der Waals surface area contributed by atoms with Gasteiger partial charge in [0.2, 0.25) is 0 Å². The second kappa shape index (κ2) is 15.0. The topological polar surface area (TPSA) is 124 Å². The molecule has 230 valence electrons. The average molecular weight is 617 g/mol. The highest BCUT2D eigenvalue weighted by Gasteiger charge is 2.33. The zero-order valence-corrected chi connectivity index (χ0v) is 25.4. The molecule has 1 aliphatic rings. The molecular formula is C33H36N4O6S. The maximum Gasteiger partial charge on any atom is 0.328 e. The van der Waals surface area contributed by atoms with E-state index in [1.165, 1.54) is 7.11 Å². The van der Waals surface area contributed by atoms with Crippen molar-refractivity contribution < 1.29 is 28.9 Å². The molecule has 0 radical (unpaired) electrons. The highest BCUT2D eigenvalue weighted by atomic mass is 32.2. The molecule has 0 unspecified atom stereocenters. The minimum Gasteiger partial charge on any atom is -0.467 e. The van der Waals surface area contributed by atoms with E-state index in [4.69, 9.17) is 14.2 Å². The number of carbonyl (C=O) groups is 2. The molecule has 0 saturated carbocycles. The molecule has 3 N–H and O–H groups in total. The molecule has 2 amide bonds. The number of aliphatic hydroxyl groups excluding tert-OH is 1. The van der Waals surface area contributed by atoms with Crippen LogP contribution < -0.4 is 10.6 Å². The molecule has 5 rings (SSSR count). The van der Waals surface area contributed by atoms with E-state index in [1.807, 2.05) is 84.5 Å². The van der Waals surface area contributed by atoms with Gasteiger partial charge in [-0.1, -0.05) is 78.5 Å². The molecule has 0 bridgehead atoms. The Morgan fingerprint density at radius 1 is 1.05 bits per heavy atom. The fourth-order valence-corrected chi connectivity index (χ4v) is 5.90. The Hall–Kier alpha value is -4.16. The lowest BCUT2D eigenvalue weighted by Crippen LogP contribution is -2.45. The van der Waals surface area contributed by atoms with Gasteiger partial charge in [0.15, 0.2) is 11.4 Å². The summed E-state index contributed by atoms with van der Waals surface area (Å²) >= 11 is 1.62. The molecule has 44 heavy (non-hydrogen) atoms. The quantitative estimate of drug-likeness (QED) is 0.156. The third-order valence-corrected chi connectivity index (χ3v) is 8.47. The number of aliphatic hydroxyl groups is 1. The van der Waals surface area contributed by atoms with Crippen molar-refractivity contribution >= 4 is 29.4 Å². The fourth-order valence-electron chi connectivity index (χ4n) is 4.96. The number of aromatic nitrogens is 2. The summed E-state index contributed by atoms with van der Waals surface area (Å²) in [5.74, 6) is 0.140. The van der Waals surface area contributed by atoms with Crippen LogP contribution >= 0.6 is 11.8 Å². The third-order valence-electron chi connectivity index (χ3n) is 7.28. The van der Waals surface area contributed by atoms with Gasteiger partial charge in [0.1, 0.15) is 6.04 Å². The number of carbonyl (C=O) groups excluding carboxylic acids is 2. The van der Waals surface area contributed by atoms with Crippen LogP contribution in [0.25, 0.3) is 0 Å². The Morgan fingerprint density at radius 2 is 1.84 bits per heavy atom. The number of thioether (sulfide) groups is 1. The van der Waals surface area contributed by atoms with Crippen LogP contribution in [0.1, 0.15) is 41.1 Å². The summed E-state index contributed by atoms with van der Waals surface area (Å²) in [6.45, 7) is -0.0273. The zero-order chi connectivity index (χ0) is 30.9. The molecule has 10 nitrogen and oxygen atoms in total. The van der Waals surface area contributed by atoms with Gasteiger partial charge in [0.05, 0.1) is 25.9 Å². The minimum absolute atomic E-state index is 0.0273. The Morgan fingerprint density at radius 3 is 2.55 bits per heavy atom. The maximum absolute atomic E-state index is 13.0. The van der Waals surface area contributed by atoms with Crippen LogP contribution in [0.3, 0.4) is 0 Å². The van der Waals surface area contributed by atoms with Gasteiger partial charge in [0.25, 0.3) is 0 Å². The van der Waals surface area contributed by atoms with E-state index in [0.717, 1.165) is 27.4 Å². The van der Waals surface area contributed by atoms with Crippen LogP contribution in [0.4, 0.5) is 10.5 Å². The molecule has 2 heterocycles. The molecule has 3 aromatic carbocycles. The van der Waals surface area contributed by atoms with Crippen LogP contribution in [0.15, 0.2) is 96.4 Å². The fraction of sp³-hybridized carbons (Fsp3) is 0.303. The van der Waals surface area contributed by atoms with E-state index >= 15 is 0 Å². The number of esters is 1. The number of anilines is 1. The maximum atomic E-state index is 13.0. The summed E-state index contributed by atoms with van der Waals surface area (Å²) in [7, 11) is 3.25. The molecule has 1 aromatic heterocycles. The first-order valence-corrected chi connectivity index (χ1v) is 15.3.